The standard InChI is InChI=1S/C110H71BN2S/c1-9-31-72(32-10-1)78-53-59-86(74-35-13-3-14-36-74)100(67-78)112-102-69-80(76-55-61-96-91(65-76)88-47-25-28-50-94(88)109(96,82-39-17-5-18-40-82)83-41-19-6-20-42-83)57-63-98(102)111-99-64-58-81(77-56-62-97-92(66-77)89-48-26-29-51-95(89)110(97,84-43-21-7-22-44-84)85-45-23-8-24-46-85)70-103(99)113(107-106(111)104(112)71-93-90-49-27-30-52-105(90)114-108(93)107)101-68-79(73-33-11-2-12-34-73)54-60-87(101)75-37-15-4-16-38-75/h1-71H. The van der Waals surface area contributed by atoms with Gasteiger partial charge in [-0.05, 0) is 187 Å². The second-order valence-electron chi connectivity index (χ2n) is 30.8. The van der Waals surface area contributed by atoms with Crippen LogP contribution in [-0.2, 0) is 10.8 Å². The summed E-state index contributed by atoms with van der Waals surface area (Å²) in [5.74, 6) is 0. The highest BCUT2D eigenvalue weighted by Gasteiger charge is 2.50. The number of anilines is 6. The van der Waals surface area contributed by atoms with Gasteiger partial charge in [-0.25, -0.2) is 0 Å². The highest BCUT2D eigenvalue weighted by atomic mass is 32.1. The van der Waals surface area contributed by atoms with Crippen LogP contribution in [0.5, 0.6) is 0 Å². The molecule has 0 saturated carbocycles. The zero-order valence-corrected chi connectivity index (χ0v) is 63.2. The average Bonchev–Trinajstić information content (AvgIpc) is 1.34. The Bertz CT molecular complexity index is 6940. The van der Waals surface area contributed by atoms with E-state index in [2.05, 4.69) is 441 Å². The number of thiophene rings is 1. The molecule has 1 aromatic heterocycles. The molecule has 0 saturated heterocycles. The molecule has 4 heteroatoms. The first-order valence-electron chi connectivity index (χ1n) is 39.6. The van der Waals surface area contributed by atoms with Crippen LogP contribution >= 0.6 is 11.3 Å². The highest BCUT2D eigenvalue weighted by Crippen LogP contribution is 2.61. The lowest BCUT2D eigenvalue weighted by Crippen LogP contribution is -2.61. The Morgan fingerprint density at radius 2 is 0.544 bits per heavy atom. The molecule has 2 aliphatic heterocycles. The molecule has 530 valence electrons. The van der Waals surface area contributed by atoms with Crippen LogP contribution in [0.1, 0.15) is 44.5 Å². The summed E-state index contributed by atoms with van der Waals surface area (Å²) < 4.78 is 2.49. The Labute approximate surface area is 668 Å². The van der Waals surface area contributed by atoms with Gasteiger partial charge in [-0.3, -0.25) is 0 Å². The van der Waals surface area contributed by atoms with E-state index in [-0.39, 0.29) is 6.71 Å². The molecule has 19 aromatic rings. The lowest BCUT2D eigenvalue weighted by atomic mass is 9.33. The van der Waals surface area contributed by atoms with Gasteiger partial charge in [0.25, 0.3) is 6.71 Å². The second kappa shape index (κ2) is 26.3. The molecule has 23 rings (SSSR count). The number of hydrogen-bond acceptors (Lipinski definition) is 3. The lowest BCUT2D eigenvalue weighted by molar-refractivity contribution is 0.768. The van der Waals surface area contributed by atoms with Crippen molar-refractivity contribution in [3.05, 3.63) is 475 Å². The van der Waals surface area contributed by atoms with Crippen molar-refractivity contribution in [2.75, 3.05) is 9.80 Å². The van der Waals surface area contributed by atoms with Crippen LogP contribution in [0.3, 0.4) is 0 Å². The van der Waals surface area contributed by atoms with Crippen LogP contribution in [0.25, 0.3) is 109 Å². The molecule has 0 unspecified atom stereocenters. The van der Waals surface area contributed by atoms with Gasteiger partial charge in [0, 0.05) is 43.7 Å². The van der Waals surface area contributed by atoms with Gasteiger partial charge in [-0.1, -0.05) is 382 Å². The summed E-state index contributed by atoms with van der Waals surface area (Å²) in [5.41, 5.74) is 38.4. The largest absolute Gasteiger partial charge is 0.311 e. The number of nitrogens with zero attached hydrogens (tertiary/aromatic N) is 2. The summed E-state index contributed by atoms with van der Waals surface area (Å²) in [6.07, 6.45) is 0. The highest BCUT2D eigenvalue weighted by molar-refractivity contribution is 7.26. The van der Waals surface area contributed by atoms with E-state index >= 15 is 0 Å². The molecule has 18 aromatic carbocycles. The molecular formula is C110H71BN2S. The van der Waals surface area contributed by atoms with Crippen molar-refractivity contribution in [1.29, 1.82) is 0 Å². The third kappa shape index (κ3) is 9.87. The molecule has 0 amide bonds. The van der Waals surface area contributed by atoms with Crippen LogP contribution in [0.2, 0.25) is 0 Å². The number of hydrogen-bond donors (Lipinski definition) is 0. The van der Waals surface area contributed by atoms with E-state index in [4.69, 9.17) is 0 Å². The van der Waals surface area contributed by atoms with Crippen molar-refractivity contribution in [1.82, 2.24) is 0 Å². The molecule has 0 fully saturated rings. The zero-order chi connectivity index (χ0) is 75.0. The third-order valence-electron chi connectivity index (χ3n) is 25.0. The van der Waals surface area contributed by atoms with E-state index in [1.807, 2.05) is 11.3 Å². The van der Waals surface area contributed by atoms with Crippen molar-refractivity contribution in [3.8, 4) is 89.0 Å². The first-order chi connectivity index (χ1) is 56.6. The van der Waals surface area contributed by atoms with Gasteiger partial charge in [-0.2, -0.15) is 0 Å². The maximum atomic E-state index is 2.72. The van der Waals surface area contributed by atoms with Crippen molar-refractivity contribution >= 4 is 88.7 Å². The quantitative estimate of drug-likeness (QED) is 0.113. The molecule has 0 atom stereocenters. The fraction of sp³-hybridized carbons (Fsp3) is 0.0182. The molecule has 0 spiro atoms. The van der Waals surface area contributed by atoms with Gasteiger partial charge in [0.1, 0.15) is 0 Å². The van der Waals surface area contributed by atoms with E-state index in [9.17, 15) is 0 Å². The van der Waals surface area contributed by atoms with Crippen molar-refractivity contribution in [2.24, 2.45) is 0 Å². The Morgan fingerprint density at radius 3 is 1.00 bits per heavy atom. The molecule has 2 nitrogen and oxygen atoms in total. The number of rotatable bonds is 12. The molecule has 114 heavy (non-hydrogen) atoms. The second-order valence-corrected chi connectivity index (χ2v) is 31.8. The van der Waals surface area contributed by atoms with E-state index < -0.39 is 10.8 Å². The summed E-state index contributed by atoms with van der Waals surface area (Å²) in [7, 11) is 0. The van der Waals surface area contributed by atoms with E-state index in [0.29, 0.717) is 0 Å². The average molecular weight is 1460 g/mol. The Morgan fingerprint density at radius 1 is 0.211 bits per heavy atom. The minimum absolute atomic E-state index is 0.242. The monoisotopic (exact) mass is 1460 g/mol. The maximum Gasteiger partial charge on any atom is 0.252 e. The van der Waals surface area contributed by atoms with Crippen LogP contribution in [0.4, 0.5) is 34.1 Å². The molecule has 0 N–H and O–H groups in total. The Kier molecular flexibility index (Phi) is 15.1. The van der Waals surface area contributed by atoms with Gasteiger partial charge in [0.15, 0.2) is 0 Å². The molecule has 3 heterocycles. The zero-order valence-electron chi connectivity index (χ0n) is 62.4. The third-order valence-corrected chi connectivity index (χ3v) is 26.2. The van der Waals surface area contributed by atoms with Gasteiger partial charge < -0.3 is 9.80 Å². The summed E-state index contributed by atoms with van der Waals surface area (Å²) in [6.45, 7) is -0.242. The van der Waals surface area contributed by atoms with Crippen LogP contribution in [0.15, 0.2) is 431 Å². The molecule has 4 aliphatic rings. The topological polar surface area (TPSA) is 6.48 Å². The predicted molar refractivity (Wildman–Crippen MR) is 481 cm³/mol. The Hall–Kier alpha value is -14.2. The van der Waals surface area contributed by atoms with E-state index in [0.717, 1.165) is 95.2 Å². The minimum Gasteiger partial charge on any atom is -0.311 e. The SMILES string of the molecule is c1ccc(-c2ccc(-c3ccccc3)c(N3c4cc(-c5ccc6c(c5)-c5ccccc5C6(c5ccccc5)c5ccccc5)ccc4B4c5ccc(-c6ccc7c(c6)-c6ccccc6C7(c6ccccc6)c6ccccc6)cc5N(c5cc(-c6ccccc6)ccc5-c5ccccc5)c5c4c3cc3c5sc4ccccc43)c2)cc1. The summed E-state index contributed by atoms with van der Waals surface area (Å²) in [4.78, 5) is 5.42. The number of fused-ring (bicyclic) bond motifs is 14. The molecule has 2 aliphatic carbocycles. The first kappa shape index (κ1) is 65.7. The first-order valence-corrected chi connectivity index (χ1v) is 40.5. The summed E-state index contributed by atoms with van der Waals surface area (Å²) in [6, 6.07) is 163. The van der Waals surface area contributed by atoms with E-state index in [1.54, 1.807) is 0 Å². The van der Waals surface area contributed by atoms with Crippen LogP contribution < -0.4 is 26.2 Å². The summed E-state index contributed by atoms with van der Waals surface area (Å²) in [5, 5.41) is 2.45. The van der Waals surface area contributed by atoms with Crippen molar-refractivity contribution < 1.29 is 0 Å². The predicted octanol–water partition coefficient (Wildman–Crippen LogP) is 26.9. The Balaban J connectivity index is 0.822. The van der Waals surface area contributed by atoms with Crippen molar-refractivity contribution in [2.45, 2.75) is 10.8 Å². The molecule has 0 bridgehead atoms. The van der Waals surface area contributed by atoms with Gasteiger partial charge in [0.05, 0.1) is 32.6 Å². The number of benzene rings is 18. The van der Waals surface area contributed by atoms with Gasteiger partial charge >= 0.3 is 0 Å². The van der Waals surface area contributed by atoms with E-state index in [1.165, 1.54) is 109 Å². The van der Waals surface area contributed by atoms with Crippen LogP contribution in [-0.4, -0.2) is 6.71 Å². The smallest absolute Gasteiger partial charge is 0.252 e. The molecular weight excluding hydrogens is 1390 g/mol. The fourth-order valence-corrected chi connectivity index (χ4v) is 21.4. The van der Waals surface area contributed by atoms with Gasteiger partial charge in [0.2, 0.25) is 0 Å². The maximum absolute atomic E-state index is 2.72. The normalized spacial score (nSPS) is 13.5. The van der Waals surface area contributed by atoms with Crippen LogP contribution in [0, 0.1) is 0 Å². The fourth-order valence-electron chi connectivity index (χ4n) is 20.1. The minimum atomic E-state index is -0.538. The van der Waals surface area contributed by atoms with Crippen molar-refractivity contribution in [3.63, 3.8) is 0 Å². The lowest BCUT2D eigenvalue weighted by Gasteiger charge is -2.45. The molecule has 0 radical (unpaired) electrons. The van der Waals surface area contributed by atoms with Gasteiger partial charge in [-0.15, -0.1) is 11.3 Å². The summed E-state index contributed by atoms with van der Waals surface area (Å²) >= 11 is 1.92.